The van der Waals surface area contributed by atoms with Crippen molar-refractivity contribution < 1.29 is 9.53 Å². The summed E-state index contributed by atoms with van der Waals surface area (Å²) in [6, 6.07) is 11.9. The van der Waals surface area contributed by atoms with E-state index in [1.807, 2.05) is 29.2 Å². The van der Waals surface area contributed by atoms with Crippen molar-refractivity contribution in [1.29, 1.82) is 0 Å². The Morgan fingerprint density at radius 3 is 2.88 bits per heavy atom. The van der Waals surface area contributed by atoms with Crippen molar-refractivity contribution in [2.75, 3.05) is 20.3 Å². The van der Waals surface area contributed by atoms with Crippen LogP contribution in [0.2, 0.25) is 5.02 Å². The summed E-state index contributed by atoms with van der Waals surface area (Å²) in [6.07, 6.45) is 4.23. The van der Waals surface area contributed by atoms with Gasteiger partial charge in [-0.25, -0.2) is 0 Å². The fourth-order valence-electron chi connectivity index (χ4n) is 3.44. The van der Waals surface area contributed by atoms with Gasteiger partial charge in [-0.05, 0) is 42.5 Å². The minimum atomic E-state index is 0.192. The highest BCUT2D eigenvalue weighted by atomic mass is 35.5. The normalized spacial score (nSPS) is 17.2. The Hall–Kier alpha value is -1.78. The standard InChI is InChI=1S/C20H25ClN2O2/c1-25-12-10-16-13-22-11-4-6-18(22)15-23(14-16)20(24)9-8-17-5-2-3-7-19(17)21/h2-7,11,16H,8-10,12-15H2,1H3/t16-/m1/s1. The van der Waals surface area contributed by atoms with Crippen LogP contribution >= 0.6 is 11.6 Å². The van der Waals surface area contributed by atoms with Gasteiger partial charge >= 0.3 is 0 Å². The number of halogens is 1. The number of fused-ring (bicyclic) bond motifs is 1. The second-order valence-electron chi connectivity index (χ2n) is 6.67. The summed E-state index contributed by atoms with van der Waals surface area (Å²) in [5.41, 5.74) is 2.23. The van der Waals surface area contributed by atoms with Gasteiger partial charge in [-0.2, -0.15) is 0 Å². The second-order valence-corrected chi connectivity index (χ2v) is 7.07. The number of hydrogen-bond acceptors (Lipinski definition) is 2. The van der Waals surface area contributed by atoms with Crippen molar-refractivity contribution in [2.24, 2.45) is 5.92 Å². The number of nitrogens with zero attached hydrogens (tertiary/aromatic N) is 2. The van der Waals surface area contributed by atoms with Gasteiger partial charge in [-0.15, -0.1) is 0 Å². The molecule has 0 spiro atoms. The average molecular weight is 361 g/mol. The van der Waals surface area contributed by atoms with Gasteiger partial charge in [0.05, 0.1) is 6.54 Å². The number of methoxy groups -OCH3 is 1. The Balaban J connectivity index is 1.66. The quantitative estimate of drug-likeness (QED) is 0.785. The number of carbonyl (C=O) groups is 1. The van der Waals surface area contributed by atoms with Gasteiger partial charge in [0.15, 0.2) is 0 Å². The number of rotatable bonds is 6. The third-order valence-corrected chi connectivity index (χ3v) is 5.23. The molecule has 2 heterocycles. The molecular weight excluding hydrogens is 336 g/mol. The van der Waals surface area contributed by atoms with E-state index in [4.69, 9.17) is 16.3 Å². The third kappa shape index (κ3) is 4.65. The predicted octanol–water partition coefficient (Wildman–Crippen LogP) is 3.77. The molecule has 1 aliphatic rings. The first-order valence-corrected chi connectivity index (χ1v) is 9.19. The number of carbonyl (C=O) groups excluding carboxylic acids is 1. The number of aryl methyl sites for hydroxylation is 1. The molecule has 1 aromatic heterocycles. The Morgan fingerprint density at radius 2 is 2.08 bits per heavy atom. The molecule has 0 aliphatic carbocycles. The minimum absolute atomic E-state index is 0.192. The molecule has 1 atom stereocenters. The average Bonchev–Trinajstić information content (AvgIpc) is 2.97. The predicted molar refractivity (Wildman–Crippen MR) is 99.6 cm³/mol. The van der Waals surface area contributed by atoms with Crippen LogP contribution in [0.25, 0.3) is 0 Å². The SMILES string of the molecule is COCC[C@H]1CN(C(=O)CCc2ccccc2Cl)Cc2cccn2C1. The molecule has 5 heteroatoms. The Kier molecular flexibility index (Phi) is 6.16. The van der Waals surface area contributed by atoms with Crippen molar-refractivity contribution in [3.63, 3.8) is 0 Å². The lowest BCUT2D eigenvalue weighted by Gasteiger charge is -2.24. The molecule has 1 aliphatic heterocycles. The van der Waals surface area contributed by atoms with Crippen LogP contribution in [0.1, 0.15) is 24.1 Å². The first-order chi connectivity index (χ1) is 12.2. The smallest absolute Gasteiger partial charge is 0.223 e. The van der Waals surface area contributed by atoms with E-state index < -0.39 is 0 Å². The van der Waals surface area contributed by atoms with E-state index in [0.29, 0.717) is 25.3 Å². The van der Waals surface area contributed by atoms with Gasteiger partial charge in [0.25, 0.3) is 0 Å². The van der Waals surface area contributed by atoms with E-state index in [9.17, 15) is 4.79 Å². The molecule has 3 rings (SSSR count). The molecule has 0 saturated carbocycles. The van der Waals surface area contributed by atoms with Crippen molar-refractivity contribution in [3.05, 3.63) is 58.9 Å². The van der Waals surface area contributed by atoms with Crippen molar-refractivity contribution in [3.8, 4) is 0 Å². The molecular formula is C20H25ClN2O2. The molecule has 0 fully saturated rings. The molecule has 1 amide bonds. The molecule has 4 nitrogen and oxygen atoms in total. The number of aromatic nitrogens is 1. The monoisotopic (exact) mass is 360 g/mol. The highest BCUT2D eigenvalue weighted by molar-refractivity contribution is 6.31. The third-order valence-electron chi connectivity index (χ3n) is 4.86. The van der Waals surface area contributed by atoms with Crippen LogP contribution in [-0.2, 0) is 29.0 Å². The lowest BCUT2D eigenvalue weighted by atomic mass is 10.0. The number of benzene rings is 1. The Bertz CT molecular complexity index is 713. The first kappa shape index (κ1) is 18.0. The largest absolute Gasteiger partial charge is 0.385 e. The van der Waals surface area contributed by atoms with Crippen LogP contribution in [0.15, 0.2) is 42.6 Å². The molecule has 25 heavy (non-hydrogen) atoms. The van der Waals surface area contributed by atoms with Crippen LogP contribution in [-0.4, -0.2) is 35.6 Å². The van der Waals surface area contributed by atoms with E-state index in [2.05, 4.69) is 22.9 Å². The van der Waals surface area contributed by atoms with Gasteiger partial charge in [0.2, 0.25) is 5.91 Å². The first-order valence-electron chi connectivity index (χ1n) is 8.81. The summed E-state index contributed by atoms with van der Waals surface area (Å²) in [4.78, 5) is 14.8. The molecule has 0 saturated heterocycles. The molecule has 0 unspecified atom stereocenters. The lowest BCUT2D eigenvalue weighted by Crippen LogP contribution is -2.34. The highest BCUT2D eigenvalue weighted by Crippen LogP contribution is 2.22. The fraction of sp³-hybridized carbons (Fsp3) is 0.450. The van der Waals surface area contributed by atoms with Crippen molar-refractivity contribution >= 4 is 17.5 Å². The zero-order valence-electron chi connectivity index (χ0n) is 14.7. The van der Waals surface area contributed by atoms with Crippen LogP contribution in [0.5, 0.6) is 0 Å². The second kappa shape index (κ2) is 8.54. The zero-order chi connectivity index (χ0) is 17.6. The molecule has 0 N–H and O–H groups in total. The lowest BCUT2D eigenvalue weighted by molar-refractivity contribution is -0.132. The Morgan fingerprint density at radius 1 is 1.24 bits per heavy atom. The van der Waals surface area contributed by atoms with E-state index in [-0.39, 0.29) is 5.91 Å². The minimum Gasteiger partial charge on any atom is -0.385 e. The van der Waals surface area contributed by atoms with E-state index in [1.54, 1.807) is 7.11 Å². The van der Waals surface area contributed by atoms with Crippen LogP contribution in [0.4, 0.5) is 0 Å². The van der Waals surface area contributed by atoms with Gasteiger partial charge < -0.3 is 14.2 Å². The van der Waals surface area contributed by atoms with Gasteiger partial charge in [-0.3, -0.25) is 4.79 Å². The van der Waals surface area contributed by atoms with Crippen LogP contribution in [0, 0.1) is 5.92 Å². The fourth-order valence-corrected chi connectivity index (χ4v) is 3.67. The summed E-state index contributed by atoms with van der Waals surface area (Å²) in [7, 11) is 1.73. The van der Waals surface area contributed by atoms with Gasteiger partial charge in [-0.1, -0.05) is 29.8 Å². The van der Waals surface area contributed by atoms with Crippen molar-refractivity contribution in [2.45, 2.75) is 32.4 Å². The van der Waals surface area contributed by atoms with E-state index in [1.165, 1.54) is 5.69 Å². The summed E-state index contributed by atoms with van der Waals surface area (Å²) in [5, 5.41) is 0.734. The van der Waals surface area contributed by atoms with E-state index in [0.717, 1.165) is 36.7 Å². The maximum absolute atomic E-state index is 12.8. The summed E-state index contributed by atoms with van der Waals surface area (Å²) in [5.74, 6) is 0.606. The topological polar surface area (TPSA) is 34.5 Å². The van der Waals surface area contributed by atoms with Crippen molar-refractivity contribution in [1.82, 2.24) is 9.47 Å². The van der Waals surface area contributed by atoms with E-state index >= 15 is 0 Å². The highest BCUT2D eigenvalue weighted by Gasteiger charge is 2.24. The van der Waals surface area contributed by atoms with Crippen LogP contribution < -0.4 is 0 Å². The molecule has 1 aromatic carbocycles. The summed E-state index contributed by atoms with van der Waals surface area (Å²) >= 11 is 6.21. The molecule has 134 valence electrons. The molecule has 2 aromatic rings. The maximum atomic E-state index is 12.8. The molecule has 0 radical (unpaired) electrons. The maximum Gasteiger partial charge on any atom is 0.223 e. The summed E-state index contributed by atoms with van der Waals surface area (Å²) < 4.78 is 7.51. The Labute approximate surface area is 154 Å². The number of ether oxygens (including phenoxy) is 1. The number of amides is 1. The van der Waals surface area contributed by atoms with Gasteiger partial charge in [0, 0.05) is 50.1 Å². The van der Waals surface area contributed by atoms with Gasteiger partial charge in [0.1, 0.15) is 0 Å². The zero-order valence-corrected chi connectivity index (χ0v) is 15.4. The molecule has 0 bridgehead atoms. The summed E-state index contributed by atoms with van der Waals surface area (Å²) in [6.45, 7) is 3.13. The number of hydrogen-bond donors (Lipinski definition) is 0. The van der Waals surface area contributed by atoms with Crippen LogP contribution in [0.3, 0.4) is 0 Å².